The minimum atomic E-state index is -0.672. The molecule has 1 saturated heterocycles. The molecule has 0 saturated carbocycles. The number of likely N-dealkylation sites (tertiary alicyclic amines) is 1. The van der Waals surface area contributed by atoms with Crippen molar-refractivity contribution < 1.29 is 19.1 Å². The summed E-state index contributed by atoms with van der Waals surface area (Å²) in [6, 6.07) is 6.39. The van der Waals surface area contributed by atoms with Crippen LogP contribution in [0.4, 0.5) is 5.00 Å². The molecular weight excluding hydrogens is 374 g/mol. The summed E-state index contributed by atoms with van der Waals surface area (Å²) in [5.74, 6) is -1.30. The molecule has 0 bridgehead atoms. The van der Waals surface area contributed by atoms with Crippen molar-refractivity contribution in [2.24, 2.45) is 0 Å². The van der Waals surface area contributed by atoms with Crippen LogP contribution in [0.2, 0.25) is 0 Å². The molecule has 2 aromatic rings. The molecule has 0 radical (unpaired) electrons. The molecule has 1 fully saturated rings. The maximum Gasteiger partial charge on any atom is 0.329 e. The van der Waals surface area contributed by atoms with Gasteiger partial charge in [0.2, 0.25) is 0 Å². The standard InChI is InChI=1S/C17H15N3O4S2/c18-9-11-5-8-26-15(11)19-14(21)10-24-17(23)12-3-1-6-20(12)16(22)13-4-2-7-25-13/h2,4-5,7-8,12H,1,3,6,10H2,(H,19,21)/t12-/m0/s1. The van der Waals surface area contributed by atoms with Crippen molar-refractivity contribution in [1.82, 2.24) is 4.90 Å². The highest BCUT2D eigenvalue weighted by molar-refractivity contribution is 7.14. The van der Waals surface area contributed by atoms with Gasteiger partial charge in [-0.15, -0.1) is 22.7 Å². The van der Waals surface area contributed by atoms with Crippen molar-refractivity contribution in [3.63, 3.8) is 0 Å². The number of nitriles is 1. The number of ether oxygens (including phenoxy) is 1. The van der Waals surface area contributed by atoms with Gasteiger partial charge in [0.1, 0.15) is 17.1 Å². The van der Waals surface area contributed by atoms with Gasteiger partial charge in [-0.3, -0.25) is 9.59 Å². The van der Waals surface area contributed by atoms with Gasteiger partial charge in [0, 0.05) is 6.54 Å². The third-order valence-electron chi connectivity index (χ3n) is 3.90. The van der Waals surface area contributed by atoms with Gasteiger partial charge in [0.05, 0.1) is 10.4 Å². The summed E-state index contributed by atoms with van der Waals surface area (Å²) in [6.45, 7) is 0.0303. The summed E-state index contributed by atoms with van der Waals surface area (Å²) in [4.78, 5) is 38.8. The molecule has 3 heterocycles. The van der Waals surface area contributed by atoms with Crippen molar-refractivity contribution in [3.05, 3.63) is 39.4 Å². The second-order valence-corrected chi connectivity index (χ2v) is 7.43. The average molecular weight is 389 g/mol. The molecule has 2 aromatic heterocycles. The minimum Gasteiger partial charge on any atom is -0.454 e. The number of hydrogen-bond acceptors (Lipinski definition) is 7. The summed E-state index contributed by atoms with van der Waals surface area (Å²) in [5.41, 5.74) is 0.359. The Morgan fingerprint density at radius 2 is 2.15 bits per heavy atom. The number of nitrogens with zero attached hydrogens (tertiary/aromatic N) is 2. The Hall–Kier alpha value is -2.70. The summed E-state index contributed by atoms with van der Waals surface area (Å²) in [5, 5.41) is 15.4. The van der Waals surface area contributed by atoms with Gasteiger partial charge in [-0.25, -0.2) is 4.79 Å². The molecule has 0 spiro atoms. The molecule has 26 heavy (non-hydrogen) atoms. The van der Waals surface area contributed by atoms with Crippen LogP contribution in [0.1, 0.15) is 28.1 Å². The predicted molar refractivity (Wildman–Crippen MR) is 97.0 cm³/mol. The monoisotopic (exact) mass is 389 g/mol. The van der Waals surface area contributed by atoms with Crippen LogP contribution in [0.15, 0.2) is 29.0 Å². The molecule has 7 nitrogen and oxygen atoms in total. The van der Waals surface area contributed by atoms with Crippen LogP contribution >= 0.6 is 22.7 Å². The molecular formula is C17H15N3O4S2. The molecule has 0 unspecified atom stereocenters. The number of thiophene rings is 2. The second kappa shape index (κ2) is 8.12. The maximum absolute atomic E-state index is 12.5. The van der Waals surface area contributed by atoms with Crippen molar-refractivity contribution in [1.29, 1.82) is 5.26 Å². The smallest absolute Gasteiger partial charge is 0.329 e. The predicted octanol–water partition coefficient (Wildman–Crippen LogP) is 2.47. The lowest BCUT2D eigenvalue weighted by molar-refractivity contribution is -0.151. The van der Waals surface area contributed by atoms with Gasteiger partial charge in [0.25, 0.3) is 11.8 Å². The van der Waals surface area contributed by atoms with Crippen LogP contribution in [-0.2, 0) is 14.3 Å². The van der Waals surface area contributed by atoms with Crippen molar-refractivity contribution >= 4 is 45.5 Å². The zero-order chi connectivity index (χ0) is 18.5. The topological polar surface area (TPSA) is 99.5 Å². The maximum atomic E-state index is 12.5. The Bertz CT molecular complexity index is 854. The zero-order valence-electron chi connectivity index (χ0n) is 13.6. The number of amides is 2. The van der Waals surface area contributed by atoms with Gasteiger partial charge < -0.3 is 15.0 Å². The van der Waals surface area contributed by atoms with E-state index in [9.17, 15) is 14.4 Å². The lowest BCUT2D eigenvalue weighted by Crippen LogP contribution is -2.41. The van der Waals surface area contributed by atoms with Crippen molar-refractivity contribution in [3.8, 4) is 6.07 Å². The Morgan fingerprint density at radius 1 is 1.31 bits per heavy atom. The molecule has 0 aliphatic carbocycles. The van der Waals surface area contributed by atoms with Crippen LogP contribution < -0.4 is 5.32 Å². The molecule has 9 heteroatoms. The average Bonchev–Trinajstić information content (AvgIpc) is 3.39. The molecule has 0 aromatic carbocycles. The van der Waals surface area contributed by atoms with E-state index in [-0.39, 0.29) is 5.91 Å². The van der Waals surface area contributed by atoms with E-state index in [1.165, 1.54) is 27.6 Å². The summed E-state index contributed by atoms with van der Waals surface area (Å²) in [6.07, 6.45) is 1.23. The Labute approximate surface area is 157 Å². The Kier molecular flexibility index (Phi) is 5.65. The number of anilines is 1. The minimum absolute atomic E-state index is 0.193. The van der Waals surface area contributed by atoms with Crippen LogP contribution in [0.5, 0.6) is 0 Å². The highest BCUT2D eigenvalue weighted by Gasteiger charge is 2.36. The van der Waals surface area contributed by atoms with Crippen LogP contribution in [-0.4, -0.2) is 41.9 Å². The number of nitrogens with one attached hydrogen (secondary N) is 1. The third-order valence-corrected chi connectivity index (χ3v) is 5.59. The number of hydrogen-bond donors (Lipinski definition) is 1. The number of esters is 1. The van der Waals surface area contributed by atoms with E-state index in [1.54, 1.807) is 29.0 Å². The van der Waals surface area contributed by atoms with E-state index >= 15 is 0 Å². The first-order valence-electron chi connectivity index (χ1n) is 7.88. The van der Waals surface area contributed by atoms with E-state index in [4.69, 9.17) is 10.00 Å². The Morgan fingerprint density at radius 3 is 2.88 bits per heavy atom. The molecule has 3 rings (SSSR count). The summed E-state index contributed by atoms with van der Waals surface area (Å²) < 4.78 is 5.09. The van der Waals surface area contributed by atoms with E-state index in [0.29, 0.717) is 34.8 Å². The van der Waals surface area contributed by atoms with E-state index in [0.717, 1.165) is 0 Å². The Balaban J connectivity index is 1.55. The van der Waals surface area contributed by atoms with Crippen molar-refractivity contribution in [2.75, 3.05) is 18.5 Å². The number of rotatable bonds is 5. The summed E-state index contributed by atoms with van der Waals surface area (Å²) >= 11 is 2.54. The van der Waals surface area contributed by atoms with Gasteiger partial charge in [-0.05, 0) is 35.7 Å². The zero-order valence-corrected chi connectivity index (χ0v) is 15.3. The largest absolute Gasteiger partial charge is 0.454 e. The highest BCUT2D eigenvalue weighted by Crippen LogP contribution is 2.24. The molecule has 1 aliphatic heterocycles. The van der Waals surface area contributed by atoms with Gasteiger partial charge in [-0.1, -0.05) is 6.07 Å². The van der Waals surface area contributed by atoms with Crippen molar-refractivity contribution in [2.45, 2.75) is 18.9 Å². The molecule has 1 aliphatic rings. The first-order chi connectivity index (χ1) is 12.6. The molecule has 1 atom stereocenters. The SMILES string of the molecule is N#Cc1ccsc1NC(=O)COC(=O)[C@@H]1CCCN1C(=O)c1cccs1. The second-order valence-electron chi connectivity index (χ2n) is 5.56. The third kappa shape index (κ3) is 3.92. The van der Waals surface area contributed by atoms with Crippen LogP contribution in [0.3, 0.4) is 0 Å². The fraction of sp³-hybridized carbons (Fsp3) is 0.294. The van der Waals surface area contributed by atoms with Crippen LogP contribution in [0, 0.1) is 11.3 Å². The fourth-order valence-corrected chi connectivity index (χ4v) is 4.12. The lowest BCUT2D eigenvalue weighted by atomic mass is 10.2. The quantitative estimate of drug-likeness (QED) is 0.792. The lowest BCUT2D eigenvalue weighted by Gasteiger charge is -2.22. The fourth-order valence-electron chi connectivity index (χ4n) is 2.69. The summed E-state index contributed by atoms with van der Waals surface area (Å²) in [7, 11) is 0. The van der Waals surface area contributed by atoms with Crippen LogP contribution in [0.25, 0.3) is 0 Å². The van der Waals surface area contributed by atoms with Gasteiger partial charge in [0.15, 0.2) is 6.61 Å². The van der Waals surface area contributed by atoms with E-state index in [2.05, 4.69) is 5.32 Å². The highest BCUT2D eigenvalue weighted by atomic mass is 32.1. The molecule has 1 N–H and O–H groups in total. The normalized spacial score (nSPS) is 16.1. The first-order valence-corrected chi connectivity index (χ1v) is 9.64. The van der Waals surface area contributed by atoms with Gasteiger partial charge >= 0.3 is 5.97 Å². The van der Waals surface area contributed by atoms with E-state index < -0.39 is 24.5 Å². The van der Waals surface area contributed by atoms with Gasteiger partial charge in [-0.2, -0.15) is 5.26 Å². The first kappa shape index (κ1) is 18.1. The molecule has 2 amide bonds. The van der Waals surface area contributed by atoms with E-state index in [1.807, 2.05) is 6.07 Å². The number of carbonyl (C=O) groups excluding carboxylic acids is 3. The molecule has 134 valence electrons. The number of carbonyl (C=O) groups is 3.